The van der Waals surface area contributed by atoms with Gasteiger partial charge in [-0.25, -0.2) is 0 Å². The molecule has 0 aromatic carbocycles. The number of hydrogen-bond donors (Lipinski definition) is 2. The Kier molecular flexibility index (Phi) is 5.49. The van der Waals surface area contributed by atoms with Gasteiger partial charge in [-0.2, -0.15) is 5.10 Å². The van der Waals surface area contributed by atoms with Crippen LogP contribution in [0, 0.1) is 6.92 Å². The molecule has 16 heavy (non-hydrogen) atoms. The van der Waals surface area contributed by atoms with E-state index in [0.29, 0.717) is 6.04 Å². The summed E-state index contributed by atoms with van der Waals surface area (Å²) in [6.07, 6.45) is 1.90. The zero-order valence-electron chi connectivity index (χ0n) is 10.9. The summed E-state index contributed by atoms with van der Waals surface area (Å²) in [7, 11) is 0. The first kappa shape index (κ1) is 13.2. The monoisotopic (exact) mass is 224 g/mol. The number of aryl methyl sites for hydroxylation is 1. The fourth-order valence-electron chi connectivity index (χ4n) is 1.77. The molecule has 1 rings (SSSR count). The van der Waals surface area contributed by atoms with E-state index >= 15 is 0 Å². The van der Waals surface area contributed by atoms with E-state index in [2.05, 4.69) is 48.1 Å². The number of likely N-dealkylation sites (N-methyl/N-ethyl adjacent to an activating group) is 1. The second-order valence-electron chi connectivity index (χ2n) is 4.29. The zero-order valence-corrected chi connectivity index (χ0v) is 10.9. The molecule has 1 aromatic heterocycles. The highest BCUT2D eigenvalue weighted by Gasteiger charge is 2.07. The summed E-state index contributed by atoms with van der Waals surface area (Å²) in [6.45, 7) is 12.9. The number of H-pyrrole nitrogens is 1. The smallest absolute Gasteiger partial charge is 0.0535 e. The van der Waals surface area contributed by atoms with Gasteiger partial charge in [0.2, 0.25) is 0 Å². The van der Waals surface area contributed by atoms with E-state index < -0.39 is 0 Å². The first-order valence-electron chi connectivity index (χ1n) is 6.11. The molecule has 0 saturated carbocycles. The molecule has 0 aliphatic rings. The highest BCUT2D eigenvalue weighted by atomic mass is 15.1. The summed E-state index contributed by atoms with van der Waals surface area (Å²) in [5.74, 6) is 0. The van der Waals surface area contributed by atoms with Gasteiger partial charge in [-0.15, -0.1) is 0 Å². The van der Waals surface area contributed by atoms with Gasteiger partial charge in [0.15, 0.2) is 0 Å². The van der Waals surface area contributed by atoms with Crippen molar-refractivity contribution in [2.75, 3.05) is 19.6 Å². The molecule has 92 valence electrons. The van der Waals surface area contributed by atoms with Gasteiger partial charge in [-0.1, -0.05) is 13.8 Å². The van der Waals surface area contributed by atoms with Crippen molar-refractivity contribution in [2.24, 2.45) is 0 Å². The predicted molar refractivity (Wildman–Crippen MR) is 67.4 cm³/mol. The van der Waals surface area contributed by atoms with Crippen molar-refractivity contribution in [2.45, 2.75) is 40.3 Å². The minimum atomic E-state index is 0.509. The summed E-state index contributed by atoms with van der Waals surface area (Å²) < 4.78 is 0. The van der Waals surface area contributed by atoms with Crippen molar-refractivity contribution >= 4 is 0 Å². The van der Waals surface area contributed by atoms with Crippen molar-refractivity contribution < 1.29 is 0 Å². The van der Waals surface area contributed by atoms with Crippen molar-refractivity contribution in [1.29, 1.82) is 0 Å². The third-order valence-corrected chi connectivity index (χ3v) is 3.00. The highest BCUT2D eigenvalue weighted by Crippen LogP contribution is 2.02. The Morgan fingerprint density at radius 3 is 2.62 bits per heavy atom. The van der Waals surface area contributed by atoms with Crippen LogP contribution >= 0.6 is 0 Å². The number of nitrogens with zero attached hydrogens (tertiary/aromatic N) is 2. The van der Waals surface area contributed by atoms with Crippen LogP contribution < -0.4 is 5.32 Å². The summed E-state index contributed by atoms with van der Waals surface area (Å²) in [4.78, 5) is 2.43. The maximum atomic E-state index is 4.02. The van der Waals surface area contributed by atoms with Crippen molar-refractivity contribution in [3.05, 3.63) is 17.5 Å². The van der Waals surface area contributed by atoms with Crippen LogP contribution in [-0.4, -0.2) is 40.8 Å². The van der Waals surface area contributed by atoms with Gasteiger partial charge in [-0.3, -0.25) is 5.10 Å². The van der Waals surface area contributed by atoms with E-state index in [9.17, 15) is 0 Å². The molecule has 1 aromatic rings. The third-order valence-electron chi connectivity index (χ3n) is 3.00. The van der Waals surface area contributed by atoms with Gasteiger partial charge in [0.05, 0.1) is 6.20 Å². The van der Waals surface area contributed by atoms with Gasteiger partial charge >= 0.3 is 0 Å². The zero-order chi connectivity index (χ0) is 12.0. The maximum absolute atomic E-state index is 4.02. The maximum Gasteiger partial charge on any atom is 0.0535 e. The van der Waals surface area contributed by atoms with Crippen LogP contribution in [0.25, 0.3) is 0 Å². The van der Waals surface area contributed by atoms with E-state index in [-0.39, 0.29) is 0 Å². The van der Waals surface area contributed by atoms with Crippen LogP contribution in [-0.2, 0) is 6.54 Å². The summed E-state index contributed by atoms with van der Waals surface area (Å²) >= 11 is 0. The Morgan fingerprint density at radius 2 is 2.12 bits per heavy atom. The van der Waals surface area contributed by atoms with Gasteiger partial charge in [-0.05, 0) is 26.9 Å². The number of aromatic amines is 1. The third kappa shape index (κ3) is 3.94. The number of aromatic nitrogens is 2. The van der Waals surface area contributed by atoms with E-state index in [1.54, 1.807) is 0 Å². The molecule has 0 bridgehead atoms. The lowest BCUT2D eigenvalue weighted by Crippen LogP contribution is -2.38. The lowest BCUT2D eigenvalue weighted by atomic mass is 10.2. The molecule has 0 aliphatic heterocycles. The van der Waals surface area contributed by atoms with Gasteiger partial charge in [0.1, 0.15) is 0 Å². The molecular weight excluding hydrogens is 200 g/mol. The molecule has 0 saturated heterocycles. The lowest BCUT2D eigenvalue weighted by Gasteiger charge is -2.23. The van der Waals surface area contributed by atoms with E-state index in [1.165, 1.54) is 5.56 Å². The SMILES string of the molecule is CCN(CC)CC(C)NCc1cn[nH]c1C. The minimum absolute atomic E-state index is 0.509. The summed E-state index contributed by atoms with van der Waals surface area (Å²) in [5, 5.41) is 10.5. The predicted octanol–water partition coefficient (Wildman–Crippen LogP) is 1.54. The van der Waals surface area contributed by atoms with Crippen LogP contribution in [0.15, 0.2) is 6.20 Å². The number of hydrogen-bond acceptors (Lipinski definition) is 3. The molecule has 0 spiro atoms. The molecule has 1 unspecified atom stereocenters. The lowest BCUT2D eigenvalue weighted by molar-refractivity contribution is 0.270. The average Bonchev–Trinajstić information content (AvgIpc) is 2.69. The van der Waals surface area contributed by atoms with E-state index in [4.69, 9.17) is 0 Å². The van der Waals surface area contributed by atoms with Gasteiger partial charge < -0.3 is 10.2 Å². The largest absolute Gasteiger partial charge is 0.309 e. The first-order chi connectivity index (χ1) is 7.67. The molecule has 0 radical (unpaired) electrons. The quantitative estimate of drug-likeness (QED) is 0.738. The highest BCUT2D eigenvalue weighted by molar-refractivity contribution is 5.13. The van der Waals surface area contributed by atoms with Crippen LogP contribution in [0.5, 0.6) is 0 Å². The topological polar surface area (TPSA) is 44.0 Å². The Balaban J connectivity index is 2.30. The average molecular weight is 224 g/mol. The van der Waals surface area contributed by atoms with E-state index in [0.717, 1.165) is 31.9 Å². The van der Waals surface area contributed by atoms with Crippen molar-refractivity contribution in [3.8, 4) is 0 Å². The van der Waals surface area contributed by atoms with Crippen LogP contribution in [0.2, 0.25) is 0 Å². The van der Waals surface area contributed by atoms with Crippen LogP contribution in [0.3, 0.4) is 0 Å². The fourth-order valence-corrected chi connectivity index (χ4v) is 1.77. The Morgan fingerprint density at radius 1 is 1.44 bits per heavy atom. The van der Waals surface area contributed by atoms with Crippen molar-refractivity contribution in [1.82, 2.24) is 20.4 Å². The molecule has 0 aliphatic carbocycles. The molecule has 0 fully saturated rings. The standard InChI is InChI=1S/C12H24N4/c1-5-16(6-2)9-10(3)13-7-12-8-14-15-11(12)4/h8,10,13H,5-7,9H2,1-4H3,(H,14,15). The minimum Gasteiger partial charge on any atom is -0.309 e. The summed E-state index contributed by atoms with van der Waals surface area (Å²) in [5.41, 5.74) is 2.41. The fraction of sp³-hybridized carbons (Fsp3) is 0.750. The summed E-state index contributed by atoms with van der Waals surface area (Å²) in [6, 6.07) is 0.509. The van der Waals surface area contributed by atoms with E-state index in [1.807, 2.05) is 6.20 Å². The molecule has 4 heteroatoms. The molecule has 1 heterocycles. The Labute approximate surface area is 98.4 Å². The second-order valence-corrected chi connectivity index (χ2v) is 4.29. The van der Waals surface area contributed by atoms with Crippen molar-refractivity contribution in [3.63, 3.8) is 0 Å². The normalized spacial score (nSPS) is 13.3. The molecule has 2 N–H and O–H groups in total. The molecular formula is C12H24N4. The van der Waals surface area contributed by atoms with Gasteiger partial charge in [0.25, 0.3) is 0 Å². The molecule has 1 atom stereocenters. The first-order valence-corrected chi connectivity index (χ1v) is 6.11. The number of rotatable bonds is 7. The Hall–Kier alpha value is -0.870. The number of nitrogens with one attached hydrogen (secondary N) is 2. The van der Waals surface area contributed by atoms with Crippen LogP contribution in [0.4, 0.5) is 0 Å². The van der Waals surface area contributed by atoms with Gasteiger partial charge in [0, 0.05) is 30.4 Å². The molecule has 0 amide bonds. The van der Waals surface area contributed by atoms with Crippen LogP contribution in [0.1, 0.15) is 32.0 Å². The second kappa shape index (κ2) is 6.66. The molecule has 4 nitrogen and oxygen atoms in total. The Bertz CT molecular complexity index is 291.